The van der Waals surface area contributed by atoms with Crippen molar-refractivity contribution in [1.82, 2.24) is 10.2 Å². The van der Waals surface area contributed by atoms with Crippen molar-refractivity contribution in [3.8, 4) is 0 Å². The predicted molar refractivity (Wildman–Crippen MR) is 111 cm³/mol. The number of hydrogen-bond acceptors (Lipinski definition) is 4. The number of benzene rings is 2. The van der Waals surface area contributed by atoms with Crippen LogP contribution in [0.5, 0.6) is 0 Å². The number of urea groups is 1. The lowest BCUT2D eigenvalue weighted by Crippen LogP contribution is -2.41. The number of Topliss-reactive ketones (excluding diaryl/α,β-unsaturated/α-hetero) is 1. The Morgan fingerprint density at radius 3 is 2.33 bits per heavy atom. The topological polar surface area (TPSA) is 86.8 Å². The summed E-state index contributed by atoms with van der Waals surface area (Å²) in [5.74, 6) is -0.796. The van der Waals surface area contributed by atoms with Gasteiger partial charge in [0.2, 0.25) is 5.91 Å². The fourth-order valence-corrected chi connectivity index (χ4v) is 3.93. The Kier molecular flexibility index (Phi) is 5.07. The first-order valence-corrected chi connectivity index (χ1v) is 10.0. The molecule has 30 heavy (non-hydrogen) atoms. The molecule has 0 aliphatic carbocycles. The predicted octanol–water partition coefficient (Wildman–Crippen LogP) is 3.12. The summed E-state index contributed by atoms with van der Waals surface area (Å²) < 4.78 is 0. The fourth-order valence-electron chi connectivity index (χ4n) is 3.80. The van der Waals surface area contributed by atoms with E-state index >= 15 is 0 Å². The molecule has 2 aromatic carbocycles. The number of imide groups is 1. The molecule has 0 spiro atoms. The number of hydrogen-bond donors (Lipinski definition) is 1. The molecule has 0 saturated carbocycles. The van der Waals surface area contributed by atoms with Crippen molar-refractivity contribution in [2.24, 2.45) is 0 Å². The fraction of sp³-hybridized carbons (Fsp3) is 0.273. The van der Waals surface area contributed by atoms with Crippen LogP contribution in [-0.4, -0.2) is 41.6 Å². The minimum Gasteiger partial charge on any atom is -0.319 e. The second kappa shape index (κ2) is 7.57. The molecular weight excluding hydrogens is 406 g/mol. The van der Waals surface area contributed by atoms with Gasteiger partial charge in [-0.05, 0) is 55.3 Å². The summed E-state index contributed by atoms with van der Waals surface area (Å²) in [7, 11) is 0. The van der Waals surface area contributed by atoms with Crippen LogP contribution in [0.2, 0.25) is 5.02 Å². The quantitative estimate of drug-likeness (QED) is 0.589. The third-order valence-electron chi connectivity index (χ3n) is 5.57. The van der Waals surface area contributed by atoms with Gasteiger partial charge in [-0.3, -0.25) is 19.3 Å². The zero-order valence-electron chi connectivity index (χ0n) is 16.4. The van der Waals surface area contributed by atoms with E-state index in [-0.39, 0.29) is 18.2 Å². The molecular formula is C22H20ClN3O4. The lowest BCUT2D eigenvalue weighted by atomic mass is 9.92. The van der Waals surface area contributed by atoms with Crippen molar-refractivity contribution < 1.29 is 19.2 Å². The zero-order chi connectivity index (χ0) is 21.5. The third-order valence-corrected chi connectivity index (χ3v) is 5.82. The molecule has 0 radical (unpaired) electrons. The molecule has 154 valence electrons. The number of anilines is 1. The maximum absolute atomic E-state index is 13.0. The van der Waals surface area contributed by atoms with E-state index in [9.17, 15) is 19.2 Å². The van der Waals surface area contributed by atoms with E-state index in [0.29, 0.717) is 29.1 Å². The molecule has 2 heterocycles. The van der Waals surface area contributed by atoms with Gasteiger partial charge in [-0.1, -0.05) is 23.7 Å². The Bertz CT molecular complexity index is 1040. The van der Waals surface area contributed by atoms with Gasteiger partial charge in [0.1, 0.15) is 5.54 Å². The largest absolute Gasteiger partial charge is 0.325 e. The zero-order valence-corrected chi connectivity index (χ0v) is 17.1. The number of nitrogens with zero attached hydrogens (tertiary/aromatic N) is 2. The van der Waals surface area contributed by atoms with Crippen LogP contribution in [0.15, 0.2) is 48.5 Å². The van der Waals surface area contributed by atoms with Gasteiger partial charge < -0.3 is 10.2 Å². The van der Waals surface area contributed by atoms with E-state index in [4.69, 9.17) is 11.6 Å². The van der Waals surface area contributed by atoms with E-state index in [1.807, 2.05) is 0 Å². The molecule has 7 nitrogen and oxygen atoms in total. The molecule has 2 aliphatic heterocycles. The van der Waals surface area contributed by atoms with Crippen LogP contribution in [-0.2, 0) is 15.1 Å². The van der Waals surface area contributed by atoms with Gasteiger partial charge in [0, 0.05) is 29.2 Å². The standard InChI is InChI=1S/C22H20ClN3O4/c1-22(15-6-8-16(23)9-7-15)20(29)26(21(30)24-22)13-18(27)14-4-10-17(11-5-14)25-12-2-3-19(25)28/h4-11H,2-3,12-13H2,1H3,(H,24,30)/t22-/m1/s1. The van der Waals surface area contributed by atoms with Gasteiger partial charge in [-0.2, -0.15) is 0 Å². The lowest BCUT2D eigenvalue weighted by Gasteiger charge is -2.22. The molecule has 1 atom stereocenters. The average Bonchev–Trinajstić information content (AvgIpc) is 3.25. The molecule has 0 bridgehead atoms. The van der Waals surface area contributed by atoms with Crippen LogP contribution in [0.4, 0.5) is 10.5 Å². The smallest absolute Gasteiger partial charge is 0.319 e. The van der Waals surface area contributed by atoms with E-state index in [1.165, 1.54) is 0 Å². The number of amides is 4. The van der Waals surface area contributed by atoms with Gasteiger partial charge in [0.25, 0.3) is 5.91 Å². The summed E-state index contributed by atoms with van der Waals surface area (Å²) in [6.07, 6.45) is 1.34. The van der Waals surface area contributed by atoms with Crippen molar-refractivity contribution in [2.45, 2.75) is 25.3 Å². The Morgan fingerprint density at radius 2 is 1.73 bits per heavy atom. The van der Waals surface area contributed by atoms with Crippen molar-refractivity contribution in [1.29, 1.82) is 0 Å². The summed E-state index contributed by atoms with van der Waals surface area (Å²) in [5.41, 5.74) is 0.423. The summed E-state index contributed by atoms with van der Waals surface area (Å²) in [5, 5.41) is 3.19. The van der Waals surface area contributed by atoms with Crippen LogP contribution in [0.1, 0.15) is 35.7 Å². The molecule has 4 amide bonds. The van der Waals surface area contributed by atoms with Gasteiger partial charge in [-0.15, -0.1) is 0 Å². The minimum absolute atomic E-state index is 0.0647. The molecule has 2 fully saturated rings. The van der Waals surface area contributed by atoms with Crippen LogP contribution >= 0.6 is 11.6 Å². The van der Waals surface area contributed by atoms with E-state index in [1.54, 1.807) is 60.4 Å². The second-order valence-electron chi connectivity index (χ2n) is 7.57. The molecule has 1 N–H and O–H groups in total. The highest BCUT2D eigenvalue weighted by Crippen LogP contribution is 2.30. The molecule has 0 aromatic heterocycles. The Labute approximate surface area is 178 Å². The maximum atomic E-state index is 13.0. The van der Waals surface area contributed by atoms with E-state index in [0.717, 1.165) is 17.0 Å². The van der Waals surface area contributed by atoms with Crippen molar-refractivity contribution >= 4 is 40.9 Å². The van der Waals surface area contributed by atoms with Crippen LogP contribution in [0.25, 0.3) is 0 Å². The molecule has 4 rings (SSSR count). The summed E-state index contributed by atoms with van der Waals surface area (Å²) in [6.45, 7) is 1.90. The molecule has 2 aromatic rings. The van der Waals surface area contributed by atoms with Crippen molar-refractivity contribution in [2.75, 3.05) is 18.0 Å². The van der Waals surface area contributed by atoms with E-state index < -0.39 is 17.5 Å². The first-order valence-electron chi connectivity index (χ1n) is 9.63. The van der Waals surface area contributed by atoms with E-state index in [2.05, 4.69) is 5.32 Å². The Hall–Kier alpha value is -3.19. The van der Waals surface area contributed by atoms with Gasteiger partial charge in [0.15, 0.2) is 5.78 Å². The highest BCUT2D eigenvalue weighted by molar-refractivity contribution is 6.30. The summed E-state index contributed by atoms with van der Waals surface area (Å²) >= 11 is 5.91. The molecule has 2 aliphatic rings. The first-order chi connectivity index (χ1) is 14.3. The molecule has 0 unspecified atom stereocenters. The van der Waals surface area contributed by atoms with Crippen LogP contribution in [0, 0.1) is 0 Å². The van der Waals surface area contributed by atoms with Crippen molar-refractivity contribution in [3.05, 3.63) is 64.7 Å². The summed E-state index contributed by atoms with van der Waals surface area (Å²) in [4.78, 5) is 52.6. The number of carbonyl (C=O) groups excluding carboxylic acids is 4. The first kappa shape index (κ1) is 20.1. The number of halogens is 1. The van der Waals surface area contributed by atoms with Gasteiger partial charge in [-0.25, -0.2) is 4.79 Å². The maximum Gasteiger partial charge on any atom is 0.325 e. The third kappa shape index (κ3) is 3.45. The molecule has 8 heteroatoms. The SMILES string of the molecule is C[C@]1(c2ccc(Cl)cc2)NC(=O)N(CC(=O)c2ccc(N3CCCC3=O)cc2)C1=O. The van der Waals surface area contributed by atoms with Crippen molar-refractivity contribution in [3.63, 3.8) is 0 Å². The number of rotatable bonds is 5. The Balaban J connectivity index is 1.49. The second-order valence-corrected chi connectivity index (χ2v) is 8.01. The number of nitrogens with one attached hydrogen (secondary N) is 1. The van der Waals surface area contributed by atoms with Gasteiger partial charge >= 0.3 is 6.03 Å². The average molecular weight is 426 g/mol. The summed E-state index contributed by atoms with van der Waals surface area (Å²) in [6, 6.07) is 12.6. The van der Waals surface area contributed by atoms with Crippen LogP contribution < -0.4 is 10.2 Å². The number of ketones is 1. The normalized spacial score (nSPS) is 21.3. The Morgan fingerprint density at radius 1 is 1.07 bits per heavy atom. The van der Waals surface area contributed by atoms with Gasteiger partial charge in [0.05, 0.1) is 6.54 Å². The monoisotopic (exact) mass is 425 g/mol. The lowest BCUT2D eigenvalue weighted by molar-refractivity contribution is -0.130. The highest BCUT2D eigenvalue weighted by Gasteiger charge is 2.49. The van der Waals surface area contributed by atoms with Crippen LogP contribution in [0.3, 0.4) is 0 Å². The highest BCUT2D eigenvalue weighted by atomic mass is 35.5. The molecule has 2 saturated heterocycles. The minimum atomic E-state index is -1.26. The number of carbonyl (C=O) groups is 4.